The molecule has 2 saturated heterocycles. The van der Waals surface area contributed by atoms with E-state index in [2.05, 4.69) is 5.32 Å². The highest BCUT2D eigenvalue weighted by molar-refractivity contribution is 6.31. The molecule has 1 N–H and O–H groups in total. The van der Waals surface area contributed by atoms with E-state index in [9.17, 15) is 18.8 Å². The van der Waals surface area contributed by atoms with Crippen LogP contribution in [0.4, 0.5) is 10.1 Å². The standard InChI is InChI=1S/C29H22ClFN4O3/c1-14(2)24-22-23(27(38)34(26(22)37)15-11-12-19(31)18(30)13-15)29(33-24)17-8-4-6-10-21(17)35-25(36)16-7-3-5-9-20(16)32-28(29)35/h3-14,22-24,33H,1-2H3/t22-,23-,24?,29?/m1/s1. The van der Waals surface area contributed by atoms with Crippen molar-refractivity contribution in [2.45, 2.75) is 25.4 Å². The SMILES string of the molecule is CC(C)C1NC2(c3ccccc3-n3c2nc2ccccc2c3=O)[C@H]2C(=O)N(c3ccc(F)c(Cl)c3)C(=O)[C@@H]12. The Morgan fingerprint density at radius 1 is 1.00 bits per heavy atom. The van der Waals surface area contributed by atoms with Gasteiger partial charge in [0.15, 0.2) is 0 Å². The monoisotopic (exact) mass is 528 g/mol. The molecule has 190 valence electrons. The van der Waals surface area contributed by atoms with Gasteiger partial charge in [0.25, 0.3) is 5.56 Å². The molecule has 4 aromatic rings. The zero-order chi connectivity index (χ0) is 26.5. The Morgan fingerprint density at radius 3 is 2.50 bits per heavy atom. The topological polar surface area (TPSA) is 84.3 Å². The van der Waals surface area contributed by atoms with Gasteiger partial charge in [0.05, 0.1) is 39.1 Å². The number of imide groups is 1. The number of aromatic nitrogens is 2. The Hall–Kier alpha value is -3.88. The van der Waals surface area contributed by atoms with Crippen molar-refractivity contribution < 1.29 is 14.0 Å². The first-order valence-corrected chi connectivity index (χ1v) is 12.9. The lowest BCUT2D eigenvalue weighted by Crippen LogP contribution is -2.51. The average molecular weight is 529 g/mol. The molecule has 7 nitrogen and oxygen atoms in total. The van der Waals surface area contributed by atoms with E-state index < -0.39 is 29.1 Å². The van der Waals surface area contributed by atoms with Crippen LogP contribution in [-0.2, 0) is 15.1 Å². The first kappa shape index (κ1) is 23.3. The van der Waals surface area contributed by atoms with Gasteiger partial charge >= 0.3 is 0 Å². The maximum absolute atomic E-state index is 14.3. The van der Waals surface area contributed by atoms with E-state index in [1.807, 2.05) is 44.2 Å². The number of rotatable bonds is 2. The summed E-state index contributed by atoms with van der Waals surface area (Å²) in [7, 11) is 0. The number of carbonyl (C=O) groups is 2. The normalized spacial score (nSPS) is 25.5. The molecule has 2 unspecified atom stereocenters. The molecule has 1 aromatic heterocycles. The van der Waals surface area contributed by atoms with Crippen molar-refractivity contribution in [3.8, 4) is 5.69 Å². The molecule has 9 heteroatoms. The number of carbonyl (C=O) groups excluding carboxylic acids is 2. The van der Waals surface area contributed by atoms with Gasteiger partial charge in [-0.1, -0.05) is 55.8 Å². The third-order valence-electron chi connectivity index (χ3n) is 8.18. The van der Waals surface area contributed by atoms with Crippen LogP contribution in [0.1, 0.15) is 25.2 Å². The number of hydrogen-bond acceptors (Lipinski definition) is 5. The number of fused-ring (bicyclic) bond motifs is 8. The largest absolute Gasteiger partial charge is 0.296 e. The number of hydrogen-bond donors (Lipinski definition) is 1. The summed E-state index contributed by atoms with van der Waals surface area (Å²) < 4.78 is 15.5. The highest BCUT2D eigenvalue weighted by atomic mass is 35.5. The van der Waals surface area contributed by atoms with Gasteiger partial charge in [-0.15, -0.1) is 0 Å². The minimum atomic E-state index is -1.22. The molecule has 7 rings (SSSR count). The Bertz CT molecular complexity index is 1770. The van der Waals surface area contributed by atoms with E-state index in [0.717, 1.165) is 16.5 Å². The lowest BCUT2D eigenvalue weighted by molar-refractivity contribution is -0.123. The lowest BCUT2D eigenvalue weighted by atomic mass is 9.75. The second-order valence-corrected chi connectivity index (χ2v) is 10.9. The minimum absolute atomic E-state index is 0.0243. The first-order chi connectivity index (χ1) is 18.3. The van der Waals surface area contributed by atoms with Gasteiger partial charge in [0.1, 0.15) is 17.2 Å². The van der Waals surface area contributed by atoms with Crippen molar-refractivity contribution in [3.63, 3.8) is 0 Å². The van der Waals surface area contributed by atoms with Crippen molar-refractivity contribution in [1.82, 2.24) is 14.9 Å². The van der Waals surface area contributed by atoms with Gasteiger partial charge in [-0.3, -0.25) is 24.3 Å². The summed E-state index contributed by atoms with van der Waals surface area (Å²) in [6.45, 7) is 3.98. The molecular weight excluding hydrogens is 507 g/mol. The van der Waals surface area contributed by atoms with Crippen molar-refractivity contribution in [2.24, 2.45) is 17.8 Å². The van der Waals surface area contributed by atoms with Gasteiger partial charge in [0.2, 0.25) is 11.8 Å². The molecular formula is C29H22ClFN4O3. The quantitative estimate of drug-likeness (QED) is 0.395. The number of benzene rings is 3. The molecule has 1 spiro atoms. The summed E-state index contributed by atoms with van der Waals surface area (Å²) in [6, 6.07) is 18.0. The van der Waals surface area contributed by atoms with Gasteiger partial charge in [0, 0.05) is 11.6 Å². The predicted octanol–water partition coefficient (Wildman–Crippen LogP) is 4.17. The van der Waals surface area contributed by atoms with E-state index in [1.165, 1.54) is 12.1 Å². The van der Waals surface area contributed by atoms with E-state index in [0.29, 0.717) is 22.4 Å². The average Bonchev–Trinajstić information content (AvgIpc) is 3.50. The third kappa shape index (κ3) is 2.76. The number of amides is 2. The molecule has 3 aliphatic heterocycles. The molecule has 3 aromatic carbocycles. The smallest absolute Gasteiger partial charge is 0.266 e. The van der Waals surface area contributed by atoms with Crippen LogP contribution < -0.4 is 15.8 Å². The Balaban J connectivity index is 1.53. The van der Waals surface area contributed by atoms with Crippen molar-refractivity contribution in [1.29, 1.82) is 0 Å². The van der Waals surface area contributed by atoms with E-state index in [-0.39, 0.29) is 34.1 Å². The van der Waals surface area contributed by atoms with Gasteiger partial charge < -0.3 is 0 Å². The fraction of sp³-hybridized carbons (Fsp3) is 0.241. The van der Waals surface area contributed by atoms with Crippen LogP contribution in [-0.4, -0.2) is 27.4 Å². The van der Waals surface area contributed by atoms with Gasteiger partial charge in [-0.2, -0.15) is 0 Å². The van der Waals surface area contributed by atoms with Crippen LogP contribution in [0.3, 0.4) is 0 Å². The maximum Gasteiger partial charge on any atom is 0.266 e. The van der Waals surface area contributed by atoms with E-state index >= 15 is 0 Å². The summed E-state index contributed by atoms with van der Waals surface area (Å²) in [6.07, 6.45) is 0. The Morgan fingerprint density at radius 2 is 1.74 bits per heavy atom. The summed E-state index contributed by atoms with van der Waals surface area (Å²) in [5, 5.41) is 3.94. The fourth-order valence-electron chi connectivity index (χ4n) is 6.60. The number of nitrogens with one attached hydrogen (secondary N) is 1. The molecule has 2 amide bonds. The van der Waals surface area contributed by atoms with Crippen molar-refractivity contribution >= 4 is 40.0 Å². The minimum Gasteiger partial charge on any atom is -0.296 e. The fourth-order valence-corrected chi connectivity index (χ4v) is 6.78. The van der Waals surface area contributed by atoms with Crippen LogP contribution in [0.5, 0.6) is 0 Å². The van der Waals surface area contributed by atoms with Crippen LogP contribution in [0, 0.1) is 23.6 Å². The zero-order valence-corrected chi connectivity index (χ0v) is 21.2. The molecule has 4 atom stereocenters. The second-order valence-electron chi connectivity index (χ2n) is 10.4. The summed E-state index contributed by atoms with van der Waals surface area (Å²) in [5.74, 6) is -2.70. The first-order valence-electron chi connectivity index (χ1n) is 12.5. The van der Waals surface area contributed by atoms with E-state index in [1.54, 1.807) is 22.8 Å². The maximum atomic E-state index is 14.3. The third-order valence-corrected chi connectivity index (χ3v) is 8.47. The van der Waals surface area contributed by atoms with Gasteiger partial charge in [-0.25, -0.2) is 14.3 Å². The number of halogens is 2. The highest BCUT2D eigenvalue weighted by Gasteiger charge is 2.70. The molecule has 4 heterocycles. The summed E-state index contributed by atoms with van der Waals surface area (Å²) in [4.78, 5) is 48.2. The predicted molar refractivity (Wildman–Crippen MR) is 141 cm³/mol. The molecule has 38 heavy (non-hydrogen) atoms. The van der Waals surface area contributed by atoms with Crippen molar-refractivity contribution in [3.05, 3.63) is 99.3 Å². The zero-order valence-electron chi connectivity index (χ0n) is 20.5. The summed E-state index contributed by atoms with van der Waals surface area (Å²) >= 11 is 6.03. The molecule has 3 aliphatic rings. The second kappa shape index (κ2) is 7.82. The molecule has 2 fully saturated rings. The van der Waals surface area contributed by atoms with Crippen LogP contribution in [0.2, 0.25) is 5.02 Å². The lowest BCUT2D eigenvalue weighted by Gasteiger charge is -2.32. The number of para-hydroxylation sites is 2. The molecule has 0 saturated carbocycles. The number of anilines is 1. The Labute approximate surface area is 221 Å². The molecule has 0 aliphatic carbocycles. The van der Waals surface area contributed by atoms with Crippen LogP contribution in [0.15, 0.2) is 71.5 Å². The Kier molecular flexibility index (Phi) is 4.78. The highest BCUT2D eigenvalue weighted by Crippen LogP contribution is 2.56. The van der Waals surface area contributed by atoms with E-state index in [4.69, 9.17) is 16.6 Å². The van der Waals surface area contributed by atoms with Gasteiger partial charge in [-0.05, 0) is 42.3 Å². The molecule has 0 bridgehead atoms. The van der Waals surface area contributed by atoms with Crippen LogP contribution in [0.25, 0.3) is 16.6 Å². The van der Waals surface area contributed by atoms with Crippen molar-refractivity contribution in [2.75, 3.05) is 4.90 Å². The molecule has 0 radical (unpaired) electrons. The van der Waals surface area contributed by atoms with Crippen LogP contribution >= 0.6 is 11.6 Å². The summed E-state index contributed by atoms with van der Waals surface area (Å²) in [5.41, 5.74) is 0.628. The number of nitrogens with zero attached hydrogens (tertiary/aromatic N) is 3.